The van der Waals surface area contributed by atoms with Gasteiger partial charge in [0.05, 0.1) is 18.9 Å². The normalized spacial score (nSPS) is 10.2. The molecule has 106 valence electrons. The second-order valence-corrected chi connectivity index (χ2v) is 4.72. The summed E-state index contributed by atoms with van der Waals surface area (Å²) in [6.45, 7) is 2.55. The summed E-state index contributed by atoms with van der Waals surface area (Å²) in [6.07, 6.45) is 3.90. The number of anilines is 1. The van der Waals surface area contributed by atoms with Gasteiger partial charge in [-0.15, -0.1) is 0 Å². The molecule has 0 saturated carbocycles. The highest BCUT2D eigenvalue weighted by molar-refractivity contribution is 6.30. The van der Waals surface area contributed by atoms with Gasteiger partial charge >= 0.3 is 5.97 Å². The van der Waals surface area contributed by atoms with Crippen molar-refractivity contribution in [3.05, 3.63) is 23.2 Å². The highest BCUT2D eigenvalue weighted by Gasteiger charge is 2.01. The second-order valence-electron chi connectivity index (χ2n) is 4.28. The Hall–Kier alpha value is -1.42. The van der Waals surface area contributed by atoms with E-state index in [0.717, 1.165) is 25.7 Å². The Morgan fingerprint density at radius 2 is 1.89 bits per heavy atom. The standard InChI is InChI=1S/C14H20ClNO3/c1-11(17)18-8-4-2-3-5-9-19-14-7-6-12(15)10-13(14)16/h6-7,10H,2-5,8-9,16H2,1H3. The molecule has 19 heavy (non-hydrogen) atoms. The third-order valence-electron chi connectivity index (χ3n) is 2.57. The third kappa shape index (κ3) is 6.91. The van der Waals surface area contributed by atoms with E-state index < -0.39 is 0 Å². The number of rotatable bonds is 8. The number of benzene rings is 1. The van der Waals surface area contributed by atoms with Crippen molar-refractivity contribution in [3.63, 3.8) is 0 Å². The zero-order chi connectivity index (χ0) is 14.1. The van der Waals surface area contributed by atoms with Crippen LogP contribution in [0.25, 0.3) is 0 Å². The van der Waals surface area contributed by atoms with Gasteiger partial charge in [-0.05, 0) is 43.9 Å². The summed E-state index contributed by atoms with van der Waals surface area (Å²) in [6, 6.07) is 5.21. The van der Waals surface area contributed by atoms with Crippen molar-refractivity contribution in [2.45, 2.75) is 32.6 Å². The SMILES string of the molecule is CC(=O)OCCCCCCOc1ccc(Cl)cc1N. The van der Waals surface area contributed by atoms with Crippen molar-refractivity contribution >= 4 is 23.3 Å². The van der Waals surface area contributed by atoms with E-state index in [0.29, 0.717) is 29.7 Å². The van der Waals surface area contributed by atoms with Crippen molar-refractivity contribution in [3.8, 4) is 5.75 Å². The lowest BCUT2D eigenvalue weighted by atomic mass is 10.2. The fraction of sp³-hybridized carbons (Fsp3) is 0.500. The first-order chi connectivity index (χ1) is 9.09. The molecule has 0 unspecified atom stereocenters. The van der Waals surface area contributed by atoms with Crippen LogP contribution in [0, 0.1) is 0 Å². The number of carbonyl (C=O) groups is 1. The number of ether oxygens (including phenoxy) is 2. The Bertz CT molecular complexity index is 410. The van der Waals surface area contributed by atoms with Crippen molar-refractivity contribution in [2.75, 3.05) is 18.9 Å². The number of esters is 1. The zero-order valence-electron chi connectivity index (χ0n) is 11.2. The maximum atomic E-state index is 10.5. The molecule has 1 aromatic carbocycles. The van der Waals surface area contributed by atoms with E-state index >= 15 is 0 Å². The van der Waals surface area contributed by atoms with E-state index in [9.17, 15) is 4.79 Å². The highest BCUT2D eigenvalue weighted by atomic mass is 35.5. The minimum Gasteiger partial charge on any atom is -0.491 e. The molecule has 0 aliphatic rings. The first-order valence-electron chi connectivity index (χ1n) is 6.41. The zero-order valence-corrected chi connectivity index (χ0v) is 11.9. The van der Waals surface area contributed by atoms with Gasteiger partial charge in [-0.1, -0.05) is 11.6 Å². The van der Waals surface area contributed by atoms with Gasteiger partial charge in [0.15, 0.2) is 0 Å². The number of carbonyl (C=O) groups excluding carboxylic acids is 1. The second kappa shape index (κ2) is 8.64. The highest BCUT2D eigenvalue weighted by Crippen LogP contribution is 2.25. The largest absolute Gasteiger partial charge is 0.491 e. The molecule has 5 heteroatoms. The molecule has 0 aliphatic carbocycles. The van der Waals surface area contributed by atoms with Crippen molar-refractivity contribution in [1.82, 2.24) is 0 Å². The molecular weight excluding hydrogens is 266 g/mol. The molecule has 0 atom stereocenters. The van der Waals surface area contributed by atoms with Crippen molar-refractivity contribution in [2.24, 2.45) is 0 Å². The average Bonchev–Trinajstić information content (AvgIpc) is 2.34. The van der Waals surface area contributed by atoms with E-state index in [1.165, 1.54) is 6.92 Å². The first-order valence-corrected chi connectivity index (χ1v) is 6.78. The molecule has 0 aliphatic heterocycles. The average molecular weight is 286 g/mol. The maximum Gasteiger partial charge on any atom is 0.302 e. The lowest BCUT2D eigenvalue weighted by Gasteiger charge is -2.09. The van der Waals surface area contributed by atoms with Gasteiger partial charge in [0.1, 0.15) is 5.75 Å². The lowest BCUT2D eigenvalue weighted by molar-refractivity contribution is -0.141. The molecule has 1 rings (SSSR count). The smallest absolute Gasteiger partial charge is 0.302 e. The summed E-state index contributed by atoms with van der Waals surface area (Å²) in [5, 5.41) is 0.607. The van der Waals surface area contributed by atoms with Crippen LogP contribution in [0.1, 0.15) is 32.6 Å². The van der Waals surface area contributed by atoms with E-state index in [2.05, 4.69) is 0 Å². The summed E-state index contributed by atoms with van der Waals surface area (Å²) in [4.78, 5) is 10.5. The lowest BCUT2D eigenvalue weighted by Crippen LogP contribution is -2.02. The Labute approximate surface area is 118 Å². The Morgan fingerprint density at radius 1 is 1.21 bits per heavy atom. The molecular formula is C14H20ClNO3. The van der Waals surface area contributed by atoms with Crippen LogP contribution in [0.2, 0.25) is 5.02 Å². The summed E-state index contributed by atoms with van der Waals surface area (Å²) >= 11 is 5.80. The predicted octanol–water partition coefficient (Wildman–Crippen LogP) is 3.42. The van der Waals surface area contributed by atoms with E-state index in [1.807, 2.05) is 0 Å². The third-order valence-corrected chi connectivity index (χ3v) is 2.81. The molecule has 0 amide bonds. The van der Waals surface area contributed by atoms with Crippen LogP contribution in [0.3, 0.4) is 0 Å². The van der Waals surface area contributed by atoms with E-state index in [1.54, 1.807) is 18.2 Å². The van der Waals surface area contributed by atoms with Gasteiger partial charge in [-0.3, -0.25) is 4.79 Å². The predicted molar refractivity (Wildman–Crippen MR) is 76.5 cm³/mol. The molecule has 4 nitrogen and oxygen atoms in total. The van der Waals surface area contributed by atoms with E-state index in [4.69, 9.17) is 26.8 Å². The minimum atomic E-state index is -0.221. The van der Waals surface area contributed by atoms with E-state index in [-0.39, 0.29) is 5.97 Å². The van der Waals surface area contributed by atoms with Gasteiger partial charge in [0.25, 0.3) is 0 Å². The topological polar surface area (TPSA) is 61.5 Å². The fourth-order valence-corrected chi connectivity index (χ4v) is 1.79. The van der Waals surface area contributed by atoms with Gasteiger partial charge in [0, 0.05) is 11.9 Å². The number of nitrogen functional groups attached to an aromatic ring is 1. The van der Waals surface area contributed by atoms with Crippen molar-refractivity contribution in [1.29, 1.82) is 0 Å². The number of halogens is 1. The summed E-state index contributed by atoms with van der Waals surface area (Å²) in [5.41, 5.74) is 6.33. The molecule has 1 aromatic rings. The number of hydrogen-bond acceptors (Lipinski definition) is 4. The summed E-state index contributed by atoms with van der Waals surface area (Å²) in [5.74, 6) is 0.450. The van der Waals surface area contributed by atoms with Crippen molar-refractivity contribution < 1.29 is 14.3 Å². The van der Waals surface area contributed by atoms with Gasteiger partial charge in [-0.25, -0.2) is 0 Å². The Kier molecular flexibility index (Phi) is 7.11. The number of nitrogens with two attached hydrogens (primary N) is 1. The quantitative estimate of drug-likeness (QED) is 0.452. The Morgan fingerprint density at radius 3 is 2.53 bits per heavy atom. The molecule has 0 saturated heterocycles. The monoisotopic (exact) mass is 285 g/mol. The van der Waals surface area contributed by atoms with Crippen LogP contribution in [0.4, 0.5) is 5.69 Å². The number of unbranched alkanes of at least 4 members (excludes halogenated alkanes) is 3. The molecule has 0 bridgehead atoms. The maximum absolute atomic E-state index is 10.5. The van der Waals surface area contributed by atoms with Crippen LogP contribution in [-0.2, 0) is 9.53 Å². The minimum absolute atomic E-state index is 0.221. The first kappa shape index (κ1) is 15.6. The van der Waals surface area contributed by atoms with Gasteiger partial charge in [-0.2, -0.15) is 0 Å². The van der Waals surface area contributed by atoms with Crippen LogP contribution in [0.15, 0.2) is 18.2 Å². The fourth-order valence-electron chi connectivity index (χ4n) is 1.61. The summed E-state index contributed by atoms with van der Waals surface area (Å²) < 4.78 is 10.4. The van der Waals surface area contributed by atoms with Crippen LogP contribution in [0.5, 0.6) is 5.75 Å². The Balaban J connectivity index is 2.06. The number of hydrogen-bond donors (Lipinski definition) is 1. The molecule has 0 fully saturated rings. The summed E-state index contributed by atoms with van der Waals surface area (Å²) in [7, 11) is 0. The molecule has 0 aromatic heterocycles. The van der Waals surface area contributed by atoms with Crippen LogP contribution in [-0.4, -0.2) is 19.2 Å². The molecule has 2 N–H and O–H groups in total. The molecule has 0 radical (unpaired) electrons. The molecule has 0 spiro atoms. The van der Waals surface area contributed by atoms with Gasteiger partial charge in [0.2, 0.25) is 0 Å². The van der Waals surface area contributed by atoms with Gasteiger partial charge < -0.3 is 15.2 Å². The van der Waals surface area contributed by atoms with Crippen LogP contribution < -0.4 is 10.5 Å². The molecule has 0 heterocycles. The van der Waals surface area contributed by atoms with Crippen LogP contribution >= 0.6 is 11.6 Å².